The van der Waals surface area contributed by atoms with Crippen LogP contribution in [-0.2, 0) is 6.54 Å². The molecule has 6 nitrogen and oxygen atoms in total. The van der Waals surface area contributed by atoms with Gasteiger partial charge in [-0.15, -0.1) is 0 Å². The van der Waals surface area contributed by atoms with Gasteiger partial charge in [-0.25, -0.2) is 13.6 Å². The Morgan fingerprint density at radius 3 is 2.79 bits per heavy atom. The molecule has 1 fully saturated rings. The van der Waals surface area contributed by atoms with E-state index in [4.69, 9.17) is 4.52 Å². The van der Waals surface area contributed by atoms with Crippen LogP contribution in [0.4, 0.5) is 13.6 Å². The predicted molar refractivity (Wildman–Crippen MR) is 102 cm³/mol. The third kappa shape index (κ3) is 4.59. The lowest BCUT2D eigenvalue weighted by molar-refractivity contribution is 0.171. The van der Waals surface area contributed by atoms with Crippen molar-refractivity contribution in [1.82, 2.24) is 20.4 Å². The second kappa shape index (κ2) is 8.38. The van der Waals surface area contributed by atoms with Gasteiger partial charge in [-0.1, -0.05) is 29.4 Å². The zero-order valence-corrected chi connectivity index (χ0v) is 15.6. The standard InChI is InChI=1S/C21H20F2N4O2/c22-17-8-6-14(7-9-17)12-24-21(28)27-10-2-4-16(13-27)20-25-19(26-29-20)15-3-1-5-18(23)11-15/h1,3,5-9,11,16H,2,4,10,12-13H2,(H,24,28)/t16-/m1/s1. The highest BCUT2D eigenvalue weighted by Crippen LogP contribution is 2.27. The van der Waals surface area contributed by atoms with E-state index in [9.17, 15) is 13.6 Å². The van der Waals surface area contributed by atoms with E-state index in [0.29, 0.717) is 36.9 Å². The maximum Gasteiger partial charge on any atom is 0.317 e. The quantitative estimate of drug-likeness (QED) is 0.718. The maximum atomic E-state index is 13.4. The first-order valence-corrected chi connectivity index (χ1v) is 9.45. The van der Waals surface area contributed by atoms with Gasteiger partial charge < -0.3 is 14.7 Å². The van der Waals surface area contributed by atoms with E-state index < -0.39 is 0 Å². The molecule has 150 valence electrons. The molecule has 8 heteroatoms. The summed E-state index contributed by atoms with van der Waals surface area (Å²) in [7, 11) is 0. The largest absolute Gasteiger partial charge is 0.339 e. The van der Waals surface area contributed by atoms with Crippen LogP contribution in [-0.4, -0.2) is 34.2 Å². The number of likely N-dealkylation sites (tertiary alicyclic amines) is 1. The van der Waals surface area contributed by atoms with Crippen LogP contribution in [0.5, 0.6) is 0 Å². The van der Waals surface area contributed by atoms with Crippen molar-refractivity contribution < 1.29 is 18.1 Å². The fourth-order valence-electron chi connectivity index (χ4n) is 3.40. The SMILES string of the molecule is O=C(NCc1ccc(F)cc1)N1CCC[C@@H](c2nc(-c3cccc(F)c3)no2)C1. The Morgan fingerprint density at radius 1 is 1.17 bits per heavy atom. The number of amides is 2. The highest BCUT2D eigenvalue weighted by Gasteiger charge is 2.28. The van der Waals surface area contributed by atoms with Gasteiger partial charge in [-0.3, -0.25) is 0 Å². The van der Waals surface area contributed by atoms with Crippen molar-refractivity contribution >= 4 is 6.03 Å². The number of hydrogen-bond donors (Lipinski definition) is 1. The highest BCUT2D eigenvalue weighted by atomic mass is 19.1. The van der Waals surface area contributed by atoms with Gasteiger partial charge in [0, 0.05) is 25.2 Å². The molecule has 1 aliphatic heterocycles. The Kier molecular flexibility index (Phi) is 5.50. The van der Waals surface area contributed by atoms with Gasteiger partial charge >= 0.3 is 6.03 Å². The second-order valence-corrected chi connectivity index (χ2v) is 7.04. The summed E-state index contributed by atoms with van der Waals surface area (Å²) in [4.78, 5) is 18.6. The van der Waals surface area contributed by atoms with Gasteiger partial charge in [-0.05, 0) is 42.7 Å². The van der Waals surface area contributed by atoms with Crippen molar-refractivity contribution in [2.75, 3.05) is 13.1 Å². The number of nitrogens with one attached hydrogen (secondary N) is 1. The summed E-state index contributed by atoms with van der Waals surface area (Å²) in [5.41, 5.74) is 1.37. The van der Waals surface area contributed by atoms with Crippen LogP contribution >= 0.6 is 0 Å². The van der Waals surface area contributed by atoms with Crippen LogP contribution in [0, 0.1) is 11.6 Å². The van der Waals surface area contributed by atoms with Crippen molar-refractivity contribution in [3.63, 3.8) is 0 Å². The molecule has 1 saturated heterocycles. The smallest absolute Gasteiger partial charge is 0.317 e. The summed E-state index contributed by atoms with van der Waals surface area (Å²) < 4.78 is 31.8. The minimum atomic E-state index is -0.365. The van der Waals surface area contributed by atoms with Gasteiger partial charge in [0.1, 0.15) is 11.6 Å². The molecule has 1 aliphatic rings. The number of carbonyl (C=O) groups is 1. The van der Waals surface area contributed by atoms with Gasteiger partial charge in [0.15, 0.2) is 0 Å². The minimum absolute atomic E-state index is 0.0740. The predicted octanol–water partition coefficient (Wildman–Crippen LogP) is 4.10. The van der Waals surface area contributed by atoms with Crippen LogP contribution < -0.4 is 5.32 Å². The first kappa shape index (κ1) is 19.0. The molecule has 1 aromatic heterocycles. The normalized spacial score (nSPS) is 16.6. The van der Waals surface area contributed by atoms with E-state index in [0.717, 1.165) is 18.4 Å². The second-order valence-electron chi connectivity index (χ2n) is 7.04. The van der Waals surface area contributed by atoms with Gasteiger partial charge in [0.05, 0.1) is 5.92 Å². The number of urea groups is 1. The molecule has 1 N–H and O–H groups in total. The monoisotopic (exact) mass is 398 g/mol. The third-order valence-electron chi connectivity index (χ3n) is 4.94. The fraction of sp³-hybridized carbons (Fsp3) is 0.286. The van der Waals surface area contributed by atoms with E-state index in [1.54, 1.807) is 29.2 Å². The van der Waals surface area contributed by atoms with Crippen LogP contribution in [0.1, 0.15) is 30.2 Å². The molecule has 2 amide bonds. The lowest BCUT2D eigenvalue weighted by Crippen LogP contribution is -2.44. The van der Waals surface area contributed by atoms with Crippen LogP contribution in [0.25, 0.3) is 11.4 Å². The molecule has 0 spiro atoms. The van der Waals surface area contributed by atoms with Crippen LogP contribution in [0.2, 0.25) is 0 Å². The Labute approximate surface area is 166 Å². The fourth-order valence-corrected chi connectivity index (χ4v) is 3.40. The first-order valence-electron chi connectivity index (χ1n) is 9.45. The van der Waals surface area contributed by atoms with Gasteiger partial charge in [0.25, 0.3) is 0 Å². The Hall–Kier alpha value is -3.29. The third-order valence-corrected chi connectivity index (χ3v) is 4.94. The molecule has 0 unspecified atom stereocenters. The van der Waals surface area contributed by atoms with E-state index in [2.05, 4.69) is 15.5 Å². The van der Waals surface area contributed by atoms with Crippen molar-refractivity contribution in [1.29, 1.82) is 0 Å². The van der Waals surface area contributed by atoms with Gasteiger partial charge in [-0.2, -0.15) is 4.98 Å². The lowest BCUT2D eigenvalue weighted by Gasteiger charge is -2.31. The highest BCUT2D eigenvalue weighted by molar-refractivity contribution is 5.74. The lowest BCUT2D eigenvalue weighted by atomic mass is 9.98. The van der Waals surface area contributed by atoms with E-state index in [1.165, 1.54) is 24.3 Å². The minimum Gasteiger partial charge on any atom is -0.339 e. The first-order chi connectivity index (χ1) is 14.1. The average Bonchev–Trinajstić information content (AvgIpc) is 3.24. The number of benzene rings is 2. The molecule has 3 aromatic rings. The van der Waals surface area contributed by atoms with Crippen molar-refractivity contribution in [3.05, 3.63) is 71.6 Å². The number of rotatable bonds is 4. The maximum absolute atomic E-state index is 13.4. The van der Waals surface area contributed by atoms with Crippen molar-refractivity contribution in [2.45, 2.75) is 25.3 Å². The molecule has 0 bridgehead atoms. The number of hydrogen-bond acceptors (Lipinski definition) is 4. The number of halogens is 2. The average molecular weight is 398 g/mol. The summed E-state index contributed by atoms with van der Waals surface area (Å²) >= 11 is 0. The van der Waals surface area contributed by atoms with Crippen molar-refractivity contribution in [3.8, 4) is 11.4 Å². The van der Waals surface area contributed by atoms with E-state index >= 15 is 0 Å². The Bertz CT molecular complexity index is 990. The number of aromatic nitrogens is 2. The molecule has 0 saturated carbocycles. The topological polar surface area (TPSA) is 71.3 Å². The number of piperidine rings is 1. The van der Waals surface area contributed by atoms with Gasteiger partial charge in [0.2, 0.25) is 11.7 Å². The van der Waals surface area contributed by atoms with Crippen LogP contribution in [0.15, 0.2) is 53.1 Å². The zero-order chi connectivity index (χ0) is 20.2. The summed E-state index contributed by atoms with van der Waals surface area (Å²) in [5.74, 6) is 0.0273. The van der Waals surface area contributed by atoms with Crippen LogP contribution in [0.3, 0.4) is 0 Å². The molecule has 2 aromatic carbocycles. The molecule has 1 atom stereocenters. The zero-order valence-electron chi connectivity index (χ0n) is 15.6. The molecule has 0 radical (unpaired) electrons. The summed E-state index contributed by atoms with van der Waals surface area (Å²) in [6.07, 6.45) is 1.64. The van der Waals surface area contributed by atoms with Crippen molar-refractivity contribution in [2.24, 2.45) is 0 Å². The number of carbonyl (C=O) groups excluding carboxylic acids is 1. The Balaban J connectivity index is 1.38. The summed E-state index contributed by atoms with van der Waals surface area (Å²) in [6.45, 7) is 1.42. The molecule has 4 rings (SSSR count). The van der Waals surface area contributed by atoms with E-state index in [-0.39, 0.29) is 23.6 Å². The molecular weight excluding hydrogens is 378 g/mol. The van der Waals surface area contributed by atoms with E-state index in [1.807, 2.05) is 0 Å². The Morgan fingerprint density at radius 2 is 2.00 bits per heavy atom. The number of nitrogens with zero attached hydrogens (tertiary/aromatic N) is 3. The molecule has 29 heavy (non-hydrogen) atoms. The summed E-state index contributed by atoms with van der Waals surface area (Å²) in [5, 5.41) is 6.81. The molecular formula is C21H20F2N4O2. The molecule has 2 heterocycles. The summed E-state index contributed by atoms with van der Waals surface area (Å²) in [6, 6.07) is 11.8. The molecule has 0 aliphatic carbocycles.